The SMILES string of the molecule is CCOc1cc2c(cc1OCC)CN(CC(=O)Nc1ccccc1C(F)(F)F)CC2. The van der Waals surface area contributed by atoms with Crippen molar-refractivity contribution < 1.29 is 27.4 Å². The number of benzene rings is 2. The van der Waals surface area contributed by atoms with Gasteiger partial charge < -0.3 is 14.8 Å². The number of carbonyl (C=O) groups excluding carboxylic acids is 1. The van der Waals surface area contributed by atoms with Gasteiger partial charge in [0, 0.05) is 13.1 Å². The van der Waals surface area contributed by atoms with Crippen molar-refractivity contribution in [3.05, 3.63) is 53.1 Å². The van der Waals surface area contributed by atoms with E-state index in [1.165, 1.54) is 18.2 Å². The molecule has 2 aromatic carbocycles. The summed E-state index contributed by atoms with van der Waals surface area (Å²) < 4.78 is 50.7. The summed E-state index contributed by atoms with van der Waals surface area (Å²) in [6, 6.07) is 8.88. The highest BCUT2D eigenvalue weighted by atomic mass is 19.4. The van der Waals surface area contributed by atoms with Crippen molar-refractivity contribution in [2.45, 2.75) is 33.0 Å². The molecule has 8 heteroatoms. The van der Waals surface area contributed by atoms with Crippen molar-refractivity contribution in [3.63, 3.8) is 0 Å². The molecule has 1 amide bonds. The van der Waals surface area contributed by atoms with E-state index in [0.29, 0.717) is 44.2 Å². The lowest BCUT2D eigenvalue weighted by molar-refractivity contribution is -0.137. The lowest BCUT2D eigenvalue weighted by Gasteiger charge is -2.29. The smallest absolute Gasteiger partial charge is 0.418 e. The number of hydrogen-bond acceptors (Lipinski definition) is 4. The number of rotatable bonds is 7. The zero-order chi connectivity index (χ0) is 21.7. The van der Waals surface area contributed by atoms with Gasteiger partial charge >= 0.3 is 6.18 Å². The van der Waals surface area contributed by atoms with Crippen LogP contribution < -0.4 is 14.8 Å². The van der Waals surface area contributed by atoms with Gasteiger partial charge in [-0.1, -0.05) is 12.1 Å². The molecule has 0 unspecified atom stereocenters. The Labute approximate surface area is 173 Å². The molecule has 0 atom stereocenters. The van der Waals surface area contributed by atoms with Crippen LogP contribution >= 0.6 is 0 Å². The molecular weight excluding hydrogens is 397 g/mol. The Kier molecular flexibility index (Phi) is 6.87. The molecule has 1 aliphatic heterocycles. The van der Waals surface area contributed by atoms with E-state index in [2.05, 4.69) is 5.32 Å². The van der Waals surface area contributed by atoms with Gasteiger partial charge in [0.15, 0.2) is 11.5 Å². The number of fused-ring (bicyclic) bond motifs is 1. The van der Waals surface area contributed by atoms with Gasteiger partial charge in [-0.25, -0.2) is 0 Å². The molecule has 1 N–H and O–H groups in total. The van der Waals surface area contributed by atoms with Crippen LogP contribution in [0.2, 0.25) is 0 Å². The summed E-state index contributed by atoms with van der Waals surface area (Å²) in [5, 5.41) is 2.40. The highest BCUT2D eigenvalue weighted by Crippen LogP contribution is 2.35. The summed E-state index contributed by atoms with van der Waals surface area (Å²) in [6.45, 7) is 5.98. The standard InChI is InChI=1S/C22H25F3N2O3/c1-3-29-19-11-15-9-10-27(13-16(15)12-20(19)30-4-2)14-21(28)26-18-8-6-5-7-17(18)22(23,24)25/h5-8,11-12H,3-4,9-10,13-14H2,1-2H3,(H,26,28). The van der Waals surface area contributed by atoms with Crippen LogP contribution in [-0.2, 0) is 23.9 Å². The number of nitrogens with zero attached hydrogens (tertiary/aromatic N) is 1. The minimum atomic E-state index is -4.53. The molecule has 1 heterocycles. The van der Waals surface area contributed by atoms with Crippen molar-refractivity contribution in [1.82, 2.24) is 4.90 Å². The average Bonchev–Trinajstić information content (AvgIpc) is 2.68. The molecule has 0 fully saturated rings. The van der Waals surface area contributed by atoms with E-state index in [4.69, 9.17) is 9.47 Å². The van der Waals surface area contributed by atoms with Gasteiger partial charge in [-0.15, -0.1) is 0 Å². The molecule has 3 rings (SSSR count). The van der Waals surface area contributed by atoms with Gasteiger partial charge in [0.05, 0.1) is 31.0 Å². The fourth-order valence-corrected chi connectivity index (χ4v) is 3.53. The molecule has 0 spiro atoms. The van der Waals surface area contributed by atoms with Crippen molar-refractivity contribution in [3.8, 4) is 11.5 Å². The first-order chi connectivity index (χ1) is 14.3. The molecule has 0 radical (unpaired) electrons. The maximum atomic E-state index is 13.1. The number of ether oxygens (including phenoxy) is 2. The van der Waals surface area contributed by atoms with Gasteiger partial charge in [-0.05, 0) is 55.7 Å². The zero-order valence-electron chi connectivity index (χ0n) is 17.0. The molecular formula is C22H25F3N2O3. The summed E-state index contributed by atoms with van der Waals surface area (Å²) >= 11 is 0. The second-order valence-electron chi connectivity index (χ2n) is 6.99. The largest absolute Gasteiger partial charge is 0.490 e. The van der Waals surface area contributed by atoms with Crippen LogP contribution in [-0.4, -0.2) is 37.1 Å². The van der Waals surface area contributed by atoms with Crippen LogP contribution in [0.15, 0.2) is 36.4 Å². The number of anilines is 1. The van der Waals surface area contributed by atoms with Crippen molar-refractivity contribution in [2.75, 3.05) is 31.6 Å². The predicted octanol–water partition coefficient (Wildman–Crippen LogP) is 4.50. The third-order valence-electron chi connectivity index (χ3n) is 4.83. The van der Waals surface area contributed by atoms with Gasteiger partial charge in [0.25, 0.3) is 0 Å². The molecule has 1 aliphatic rings. The van der Waals surface area contributed by atoms with E-state index in [0.717, 1.165) is 17.2 Å². The molecule has 0 bridgehead atoms. The number of para-hydroxylation sites is 1. The van der Waals surface area contributed by atoms with Crippen LogP contribution in [0.4, 0.5) is 18.9 Å². The zero-order valence-corrected chi connectivity index (χ0v) is 17.0. The second-order valence-corrected chi connectivity index (χ2v) is 6.99. The number of halogens is 3. The van der Waals surface area contributed by atoms with Crippen molar-refractivity contribution >= 4 is 11.6 Å². The Morgan fingerprint density at radius 2 is 1.70 bits per heavy atom. The molecule has 0 aromatic heterocycles. The Balaban J connectivity index is 1.69. The van der Waals surface area contributed by atoms with Crippen LogP contribution in [0.3, 0.4) is 0 Å². The number of hydrogen-bond donors (Lipinski definition) is 1. The van der Waals surface area contributed by atoms with Crippen LogP contribution in [0.5, 0.6) is 11.5 Å². The monoisotopic (exact) mass is 422 g/mol. The fraction of sp³-hybridized carbons (Fsp3) is 0.409. The third-order valence-corrected chi connectivity index (χ3v) is 4.83. The third kappa shape index (κ3) is 5.24. The Hall–Kier alpha value is -2.74. The Morgan fingerprint density at radius 3 is 2.33 bits per heavy atom. The molecule has 0 aliphatic carbocycles. The van der Waals surface area contributed by atoms with Gasteiger partial charge in [-0.2, -0.15) is 13.2 Å². The summed E-state index contributed by atoms with van der Waals surface area (Å²) in [7, 11) is 0. The minimum absolute atomic E-state index is 0.00279. The van der Waals surface area contributed by atoms with E-state index in [1.54, 1.807) is 0 Å². The van der Waals surface area contributed by atoms with Crippen molar-refractivity contribution in [2.24, 2.45) is 0 Å². The summed E-state index contributed by atoms with van der Waals surface area (Å²) in [5.41, 5.74) is 1.07. The van der Waals surface area contributed by atoms with Crippen LogP contribution in [0, 0.1) is 0 Å². The summed E-state index contributed by atoms with van der Waals surface area (Å²) in [4.78, 5) is 14.3. The molecule has 0 saturated carbocycles. The summed E-state index contributed by atoms with van der Waals surface area (Å²) in [6.07, 6.45) is -3.81. The molecule has 0 saturated heterocycles. The minimum Gasteiger partial charge on any atom is -0.490 e. The number of nitrogens with one attached hydrogen (secondary N) is 1. The maximum Gasteiger partial charge on any atom is 0.418 e. The second kappa shape index (κ2) is 9.38. The first-order valence-electron chi connectivity index (χ1n) is 9.91. The topological polar surface area (TPSA) is 50.8 Å². The van der Waals surface area contributed by atoms with E-state index in [1.807, 2.05) is 30.9 Å². The van der Waals surface area contributed by atoms with Gasteiger partial charge in [-0.3, -0.25) is 9.69 Å². The van der Waals surface area contributed by atoms with E-state index in [-0.39, 0.29) is 12.2 Å². The average molecular weight is 422 g/mol. The van der Waals surface area contributed by atoms with E-state index < -0.39 is 17.6 Å². The van der Waals surface area contributed by atoms with Crippen LogP contribution in [0.25, 0.3) is 0 Å². The maximum absolute atomic E-state index is 13.1. The molecule has 162 valence electrons. The van der Waals surface area contributed by atoms with Crippen molar-refractivity contribution in [1.29, 1.82) is 0 Å². The molecule has 5 nitrogen and oxygen atoms in total. The highest BCUT2D eigenvalue weighted by molar-refractivity contribution is 5.93. The quantitative estimate of drug-likeness (QED) is 0.714. The normalized spacial score (nSPS) is 14.2. The van der Waals surface area contributed by atoms with Gasteiger partial charge in [0.2, 0.25) is 5.91 Å². The number of alkyl halides is 3. The van der Waals surface area contributed by atoms with E-state index >= 15 is 0 Å². The first-order valence-corrected chi connectivity index (χ1v) is 9.91. The number of carbonyl (C=O) groups is 1. The van der Waals surface area contributed by atoms with Gasteiger partial charge in [0.1, 0.15) is 0 Å². The molecule has 30 heavy (non-hydrogen) atoms. The number of amides is 1. The highest BCUT2D eigenvalue weighted by Gasteiger charge is 2.33. The first kappa shape index (κ1) is 22.0. The lowest BCUT2D eigenvalue weighted by Crippen LogP contribution is -2.37. The molecule has 2 aromatic rings. The summed E-state index contributed by atoms with van der Waals surface area (Å²) in [5.74, 6) is 0.877. The Morgan fingerprint density at radius 1 is 1.07 bits per heavy atom. The predicted molar refractivity (Wildman–Crippen MR) is 108 cm³/mol. The fourth-order valence-electron chi connectivity index (χ4n) is 3.53. The lowest BCUT2D eigenvalue weighted by atomic mass is 9.98. The van der Waals surface area contributed by atoms with Crippen LogP contribution in [0.1, 0.15) is 30.5 Å². The Bertz CT molecular complexity index is 900. The van der Waals surface area contributed by atoms with E-state index in [9.17, 15) is 18.0 Å².